The smallest absolute Gasteiger partial charge is 0.229 e. The average Bonchev–Trinajstić information content (AvgIpc) is 2.82. The van der Waals surface area contributed by atoms with Crippen LogP contribution in [0.4, 0.5) is 0 Å². The van der Waals surface area contributed by atoms with Gasteiger partial charge in [0.25, 0.3) is 0 Å². The summed E-state index contributed by atoms with van der Waals surface area (Å²) in [6, 6.07) is -0.152. The second-order valence-corrected chi connectivity index (χ2v) is 4.13. The Labute approximate surface area is 83.3 Å². The van der Waals surface area contributed by atoms with E-state index in [1.807, 2.05) is 19.0 Å². The molecule has 1 aromatic rings. The monoisotopic (exact) mass is 196 g/mol. The molecule has 14 heavy (non-hydrogen) atoms. The number of hydrogen-bond acceptors (Lipinski definition) is 5. The van der Waals surface area contributed by atoms with Crippen LogP contribution in [-0.2, 0) is 0 Å². The number of hydrogen-bond donors (Lipinski definition) is 1. The first-order valence-corrected chi connectivity index (χ1v) is 4.90. The molecule has 1 atom stereocenters. The van der Waals surface area contributed by atoms with E-state index >= 15 is 0 Å². The summed E-state index contributed by atoms with van der Waals surface area (Å²) in [7, 11) is 3.95. The summed E-state index contributed by atoms with van der Waals surface area (Å²) in [5.74, 6) is 1.89. The third kappa shape index (κ3) is 2.10. The van der Waals surface area contributed by atoms with Crippen LogP contribution < -0.4 is 5.73 Å². The Morgan fingerprint density at radius 2 is 2.29 bits per heavy atom. The Hall–Kier alpha value is -0.940. The van der Waals surface area contributed by atoms with Gasteiger partial charge in [0.2, 0.25) is 5.89 Å². The highest BCUT2D eigenvalue weighted by Gasteiger charge is 2.30. The summed E-state index contributed by atoms with van der Waals surface area (Å²) in [5.41, 5.74) is 5.90. The van der Waals surface area contributed by atoms with Crippen molar-refractivity contribution in [3.05, 3.63) is 11.7 Å². The van der Waals surface area contributed by atoms with Gasteiger partial charge in [-0.1, -0.05) is 5.16 Å². The summed E-state index contributed by atoms with van der Waals surface area (Å²) < 4.78 is 5.13. The lowest BCUT2D eigenvalue weighted by atomic mass is 10.3. The zero-order valence-corrected chi connectivity index (χ0v) is 8.60. The van der Waals surface area contributed by atoms with Crippen LogP contribution in [0.3, 0.4) is 0 Å². The van der Waals surface area contributed by atoms with Crippen LogP contribution in [0.15, 0.2) is 4.52 Å². The van der Waals surface area contributed by atoms with E-state index in [2.05, 4.69) is 10.1 Å². The molecular formula is C9H16N4O. The molecule has 1 aliphatic rings. The quantitative estimate of drug-likeness (QED) is 0.759. The van der Waals surface area contributed by atoms with E-state index in [1.165, 1.54) is 12.8 Å². The predicted molar refractivity (Wildman–Crippen MR) is 51.8 cm³/mol. The fourth-order valence-corrected chi connectivity index (χ4v) is 1.37. The van der Waals surface area contributed by atoms with Crippen molar-refractivity contribution in [2.24, 2.45) is 5.73 Å². The van der Waals surface area contributed by atoms with Gasteiger partial charge < -0.3 is 15.2 Å². The molecule has 2 N–H and O–H groups in total. The molecule has 1 aromatic heterocycles. The zero-order chi connectivity index (χ0) is 10.1. The molecule has 78 valence electrons. The number of nitrogens with zero attached hydrogens (tertiary/aromatic N) is 3. The van der Waals surface area contributed by atoms with E-state index in [0.717, 1.165) is 12.4 Å². The van der Waals surface area contributed by atoms with Crippen molar-refractivity contribution in [1.29, 1.82) is 0 Å². The van der Waals surface area contributed by atoms with Gasteiger partial charge in [0, 0.05) is 12.5 Å². The van der Waals surface area contributed by atoms with E-state index in [0.29, 0.717) is 11.7 Å². The van der Waals surface area contributed by atoms with Crippen molar-refractivity contribution in [1.82, 2.24) is 15.0 Å². The maximum absolute atomic E-state index is 5.90. The molecule has 0 aromatic carbocycles. The van der Waals surface area contributed by atoms with Gasteiger partial charge in [-0.3, -0.25) is 0 Å². The molecule has 0 radical (unpaired) electrons. The fraction of sp³-hybridized carbons (Fsp3) is 0.778. The first-order chi connectivity index (χ1) is 6.66. The Morgan fingerprint density at radius 1 is 1.57 bits per heavy atom. The van der Waals surface area contributed by atoms with Crippen molar-refractivity contribution in [2.45, 2.75) is 24.8 Å². The van der Waals surface area contributed by atoms with Gasteiger partial charge in [0.1, 0.15) is 0 Å². The predicted octanol–water partition coefficient (Wildman–Crippen LogP) is 0.508. The molecule has 5 heteroatoms. The van der Waals surface area contributed by atoms with Gasteiger partial charge in [0.05, 0.1) is 6.04 Å². The molecule has 0 aliphatic heterocycles. The van der Waals surface area contributed by atoms with Crippen molar-refractivity contribution >= 4 is 0 Å². The second-order valence-electron chi connectivity index (χ2n) is 4.13. The molecule has 2 rings (SSSR count). The summed E-state index contributed by atoms with van der Waals surface area (Å²) in [5, 5.41) is 3.89. The molecule has 1 unspecified atom stereocenters. The van der Waals surface area contributed by atoms with Crippen LogP contribution in [0, 0.1) is 0 Å². The largest absolute Gasteiger partial charge is 0.339 e. The van der Waals surface area contributed by atoms with Crippen LogP contribution in [0.25, 0.3) is 0 Å². The minimum atomic E-state index is -0.152. The molecule has 0 bridgehead atoms. The van der Waals surface area contributed by atoms with Crippen LogP contribution >= 0.6 is 0 Å². The third-order valence-electron chi connectivity index (χ3n) is 2.28. The van der Waals surface area contributed by atoms with Gasteiger partial charge in [-0.05, 0) is 26.9 Å². The second kappa shape index (κ2) is 3.67. The average molecular weight is 196 g/mol. The first-order valence-electron chi connectivity index (χ1n) is 4.90. The third-order valence-corrected chi connectivity index (χ3v) is 2.28. The van der Waals surface area contributed by atoms with Gasteiger partial charge in [-0.25, -0.2) is 0 Å². The van der Waals surface area contributed by atoms with Crippen molar-refractivity contribution in [3.63, 3.8) is 0 Å². The molecule has 0 amide bonds. The highest BCUT2D eigenvalue weighted by Crippen LogP contribution is 2.39. The molecule has 1 heterocycles. The molecule has 0 spiro atoms. The summed E-state index contributed by atoms with van der Waals surface area (Å²) >= 11 is 0. The topological polar surface area (TPSA) is 68.2 Å². The van der Waals surface area contributed by atoms with Gasteiger partial charge in [0.15, 0.2) is 5.82 Å². The van der Waals surface area contributed by atoms with Crippen LogP contribution in [0.5, 0.6) is 0 Å². The Bertz CT molecular complexity index is 306. The number of rotatable bonds is 4. The Balaban J connectivity index is 2.00. The summed E-state index contributed by atoms with van der Waals surface area (Å²) in [6.07, 6.45) is 2.34. The van der Waals surface area contributed by atoms with E-state index in [4.69, 9.17) is 10.3 Å². The van der Waals surface area contributed by atoms with E-state index < -0.39 is 0 Å². The minimum absolute atomic E-state index is 0.152. The Kier molecular flexibility index (Phi) is 2.52. The lowest BCUT2D eigenvalue weighted by Crippen LogP contribution is -2.26. The van der Waals surface area contributed by atoms with Crippen LogP contribution in [-0.4, -0.2) is 35.7 Å². The Morgan fingerprint density at radius 3 is 2.86 bits per heavy atom. The maximum atomic E-state index is 5.90. The molecule has 1 fully saturated rings. The van der Waals surface area contributed by atoms with Gasteiger partial charge >= 0.3 is 0 Å². The molecule has 1 saturated carbocycles. The van der Waals surface area contributed by atoms with Gasteiger partial charge in [-0.2, -0.15) is 4.98 Å². The van der Waals surface area contributed by atoms with E-state index in [9.17, 15) is 0 Å². The summed E-state index contributed by atoms with van der Waals surface area (Å²) in [6.45, 7) is 0.740. The van der Waals surface area contributed by atoms with Crippen molar-refractivity contribution in [3.8, 4) is 0 Å². The molecule has 0 saturated heterocycles. The normalized spacial score (nSPS) is 18.9. The lowest BCUT2D eigenvalue weighted by molar-refractivity contribution is 0.346. The van der Waals surface area contributed by atoms with Crippen molar-refractivity contribution < 1.29 is 4.52 Å². The maximum Gasteiger partial charge on any atom is 0.229 e. The lowest BCUT2D eigenvalue weighted by Gasteiger charge is -2.12. The standard InChI is InChI=1S/C9H16N4O/c1-13(2)5-7(10)8-11-9(14-12-8)6-3-4-6/h6-7H,3-5,10H2,1-2H3. The van der Waals surface area contributed by atoms with Gasteiger partial charge in [-0.15, -0.1) is 0 Å². The zero-order valence-electron chi connectivity index (χ0n) is 8.60. The number of likely N-dealkylation sites (N-methyl/N-ethyl adjacent to an activating group) is 1. The SMILES string of the molecule is CN(C)CC(N)c1noc(C2CC2)n1. The highest BCUT2D eigenvalue weighted by atomic mass is 16.5. The van der Waals surface area contributed by atoms with Crippen LogP contribution in [0.2, 0.25) is 0 Å². The van der Waals surface area contributed by atoms with Crippen molar-refractivity contribution in [2.75, 3.05) is 20.6 Å². The highest BCUT2D eigenvalue weighted by molar-refractivity contribution is 5.03. The van der Waals surface area contributed by atoms with E-state index in [1.54, 1.807) is 0 Å². The van der Waals surface area contributed by atoms with E-state index in [-0.39, 0.29) is 6.04 Å². The first kappa shape index (κ1) is 9.61. The number of nitrogens with two attached hydrogens (primary N) is 1. The summed E-state index contributed by atoms with van der Waals surface area (Å²) in [4.78, 5) is 6.31. The minimum Gasteiger partial charge on any atom is -0.339 e. The van der Waals surface area contributed by atoms with Crippen LogP contribution in [0.1, 0.15) is 36.5 Å². The molecule has 1 aliphatic carbocycles. The molecular weight excluding hydrogens is 180 g/mol. The molecule has 5 nitrogen and oxygen atoms in total. The number of aromatic nitrogens is 2. The fourth-order valence-electron chi connectivity index (χ4n) is 1.37.